The monoisotopic (exact) mass is 779 g/mol. The lowest BCUT2D eigenvalue weighted by molar-refractivity contribution is -0.167. The highest BCUT2D eigenvalue weighted by atomic mass is 16.6. The average molecular weight is 780 g/mol. The molecule has 0 radical (unpaired) electrons. The van der Waals surface area contributed by atoms with Crippen LogP contribution in [0.25, 0.3) is 22.6 Å². The van der Waals surface area contributed by atoms with Gasteiger partial charge in [0, 0.05) is 37.3 Å². The second-order valence-corrected chi connectivity index (χ2v) is 14.8. The molecular formula is C45H65NO10. The fraction of sp³-hybridized carbons (Fsp3) is 0.644. The Morgan fingerprint density at radius 1 is 0.607 bits per heavy atom. The van der Waals surface area contributed by atoms with Crippen LogP contribution in [0.1, 0.15) is 167 Å². The van der Waals surface area contributed by atoms with Gasteiger partial charge in [0.2, 0.25) is 0 Å². The quantitative estimate of drug-likeness (QED) is 0.0209. The number of benzene rings is 2. The van der Waals surface area contributed by atoms with Gasteiger partial charge in [-0.25, -0.2) is 4.98 Å². The van der Waals surface area contributed by atoms with Crippen molar-refractivity contribution < 1.29 is 42.5 Å². The summed E-state index contributed by atoms with van der Waals surface area (Å²) in [6, 6.07) is 7.66. The van der Waals surface area contributed by atoms with E-state index >= 15 is 0 Å². The van der Waals surface area contributed by atoms with Gasteiger partial charge in [0.25, 0.3) is 0 Å². The molecule has 0 bridgehead atoms. The number of hydrogen-bond donors (Lipinski definition) is 0. The zero-order chi connectivity index (χ0) is 40.4. The summed E-state index contributed by atoms with van der Waals surface area (Å²) in [5.41, 5.74) is 1.84. The minimum Gasteiger partial charge on any atom is -0.462 e. The number of nitrogens with zero attached hydrogens (tertiary/aromatic N) is 1. The molecule has 0 unspecified atom stereocenters. The minimum atomic E-state index is -0.921. The van der Waals surface area contributed by atoms with Gasteiger partial charge >= 0.3 is 23.9 Å². The van der Waals surface area contributed by atoms with E-state index in [0.29, 0.717) is 34.5 Å². The standard InChI is InChI=1S/C45H65NO10/c1-4-6-8-10-12-14-16-18-20-23-41(48)52-32-36(54-43(50)24-21-19-17-15-13-11-9-7-5-2)33-53-42(49)25-22-26-44(51)55-39-30-29-38-45(34(39)3)56-40-31-35(47)27-28-37(40)46-38/h27-31,36H,4-26,32-33H2,1-3H3/t36-/m1/s1. The first-order valence-corrected chi connectivity index (χ1v) is 21.3. The van der Waals surface area contributed by atoms with Crippen molar-refractivity contribution in [2.75, 3.05) is 13.2 Å². The van der Waals surface area contributed by atoms with Gasteiger partial charge < -0.3 is 23.4 Å². The van der Waals surface area contributed by atoms with Crippen LogP contribution >= 0.6 is 0 Å². The van der Waals surface area contributed by atoms with Crippen molar-refractivity contribution in [1.29, 1.82) is 0 Å². The second-order valence-electron chi connectivity index (χ2n) is 14.8. The highest BCUT2D eigenvalue weighted by Gasteiger charge is 2.20. The van der Waals surface area contributed by atoms with Crippen molar-refractivity contribution in [1.82, 2.24) is 4.98 Å². The Morgan fingerprint density at radius 3 is 1.68 bits per heavy atom. The van der Waals surface area contributed by atoms with E-state index in [1.165, 1.54) is 82.8 Å². The number of ether oxygens (including phenoxy) is 4. The normalized spacial score (nSPS) is 11.8. The molecular weight excluding hydrogens is 714 g/mol. The van der Waals surface area contributed by atoms with Crippen LogP contribution in [-0.4, -0.2) is 48.2 Å². The largest absolute Gasteiger partial charge is 0.462 e. The molecule has 0 amide bonds. The average Bonchev–Trinajstić information content (AvgIpc) is 3.18. The van der Waals surface area contributed by atoms with E-state index in [-0.39, 0.29) is 62.5 Å². The van der Waals surface area contributed by atoms with Gasteiger partial charge in [0.05, 0.1) is 0 Å². The fourth-order valence-corrected chi connectivity index (χ4v) is 6.48. The Kier molecular flexibility index (Phi) is 22.5. The van der Waals surface area contributed by atoms with Gasteiger partial charge in [-0.05, 0) is 50.5 Å². The molecule has 2 aliphatic rings. The van der Waals surface area contributed by atoms with Crippen LogP contribution < -0.4 is 10.2 Å². The van der Waals surface area contributed by atoms with Crippen molar-refractivity contribution >= 4 is 35.0 Å². The molecule has 11 nitrogen and oxygen atoms in total. The topological polar surface area (TPSA) is 148 Å². The molecule has 1 atom stereocenters. The number of aromatic nitrogens is 1. The van der Waals surface area contributed by atoms with E-state index < -0.39 is 24.0 Å². The Balaban J connectivity index is 1.41. The lowest BCUT2D eigenvalue weighted by Gasteiger charge is -2.18. The third-order valence-corrected chi connectivity index (χ3v) is 9.83. The van der Waals surface area contributed by atoms with E-state index in [1.54, 1.807) is 25.1 Å². The number of carbonyl (C=O) groups is 4. The highest BCUT2D eigenvalue weighted by Crippen LogP contribution is 2.31. The van der Waals surface area contributed by atoms with Crippen LogP contribution in [0.15, 0.2) is 39.5 Å². The zero-order valence-electron chi connectivity index (χ0n) is 34.2. The molecule has 0 spiro atoms. The third-order valence-electron chi connectivity index (χ3n) is 9.83. The number of esters is 4. The van der Waals surface area contributed by atoms with Crippen molar-refractivity contribution in [3.8, 4) is 17.2 Å². The minimum absolute atomic E-state index is 0.0488. The maximum absolute atomic E-state index is 12.7. The molecule has 310 valence electrons. The Hall–Kier alpha value is -4.28. The molecule has 56 heavy (non-hydrogen) atoms. The summed E-state index contributed by atoms with van der Waals surface area (Å²) in [5, 5.41) is 0. The van der Waals surface area contributed by atoms with Gasteiger partial charge in [-0.2, -0.15) is 0 Å². The van der Waals surface area contributed by atoms with Gasteiger partial charge in [-0.1, -0.05) is 117 Å². The molecule has 0 aromatic heterocycles. The second kappa shape index (κ2) is 27.3. The lowest BCUT2D eigenvalue weighted by Crippen LogP contribution is -2.31. The summed E-state index contributed by atoms with van der Waals surface area (Å²) >= 11 is 0. The van der Waals surface area contributed by atoms with Crippen LogP contribution in [0, 0.1) is 6.92 Å². The molecule has 11 heteroatoms. The number of rotatable bonds is 30. The first kappa shape index (κ1) is 46.1. The molecule has 0 saturated heterocycles. The lowest BCUT2D eigenvalue weighted by atomic mass is 10.1. The Bertz CT molecular complexity index is 1650. The van der Waals surface area contributed by atoms with Gasteiger partial charge in [0.15, 0.2) is 22.9 Å². The fourth-order valence-electron chi connectivity index (χ4n) is 6.48. The first-order chi connectivity index (χ1) is 27.2. The van der Waals surface area contributed by atoms with Gasteiger partial charge in [-0.15, -0.1) is 0 Å². The predicted molar refractivity (Wildman–Crippen MR) is 217 cm³/mol. The first-order valence-electron chi connectivity index (χ1n) is 21.3. The Morgan fingerprint density at radius 2 is 1.11 bits per heavy atom. The summed E-state index contributed by atoms with van der Waals surface area (Å²) in [5.74, 6) is -1.28. The van der Waals surface area contributed by atoms with Crippen LogP contribution in [-0.2, 0) is 33.4 Å². The van der Waals surface area contributed by atoms with Crippen LogP contribution in [0.5, 0.6) is 5.75 Å². The number of carbonyl (C=O) groups excluding carboxylic acids is 4. The molecule has 0 fully saturated rings. The molecule has 0 saturated carbocycles. The van der Waals surface area contributed by atoms with Crippen LogP contribution in [0.4, 0.5) is 0 Å². The maximum atomic E-state index is 12.7. The van der Waals surface area contributed by atoms with Crippen molar-refractivity contribution in [2.24, 2.45) is 0 Å². The predicted octanol–water partition coefficient (Wildman–Crippen LogP) is 10.5. The third kappa shape index (κ3) is 18.6. The van der Waals surface area contributed by atoms with E-state index in [0.717, 1.165) is 38.5 Å². The van der Waals surface area contributed by atoms with Crippen molar-refractivity contribution in [3.63, 3.8) is 0 Å². The van der Waals surface area contributed by atoms with Crippen molar-refractivity contribution in [3.05, 3.63) is 46.1 Å². The molecule has 1 aliphatic heterocycles. The van der Waals surface area contributed by atoms with E-state index in [2.05, 4.69) is 18.8 Å². The highest BCUT2D eigenvalue weighted by molar-refractivity contribution is 5.83. The number of aryl methyl sites for hydroxylation is 1. The summed E-state index contributed by atoms with van der Waals surface area (Å²) in [6.45, 7) is 5.70. The molecule has 1 aliphatic carbocycles. The number of hydrogen-bond acceptors (Lipinski definition) is 11. The number of fused-ring (bicyclic) bond motifs is 2. The Labute approximate surface area is 332 Å². The summed E-state index contributed by atoms with van der Waals surface area (Å²) in [4.78, 5) is 66.8. The number of unbranched alkanes of at least 4 members (excludes halogenated alkanes) is 16. The van der Waals surface area contributed by atoms with Gasteiger partial charge in [0.1, 0.15) is 30.2 Å². The van der Waals surface area contributed by atoms with Crippen molar-refractivity contribution in [2.45, 2.75) is 175 Å². The molecule has 3 rings (SSSR count). The van der Waals surface area contributed by atoms with Crippen LogP contribution in [0.2, 0.25) is 0 Å². The summed E-state index contributed by atoms with van der Waals surface area (Å²) in [6.07, 6.45) is 20.0. The van der Waals surface area contributed by atoms with Gasteiger partial charge in [-0.3, -0.25) is 24.0 Å². The summed E-state index contributed by atoms with van der Waals surface area (Å²) < 4.78 is 27.9. The van der Waals surface area contributed by atoms with Crippen LogP contribution in [0.3, 0.4) is 0 Å². The van der Waals surface area contributed by atoms with E-state index in [9.17, 15) is 24.0 Å². The SMILES string of the molecule is CCCCCCCCCCCC(=O)OC[C@H](COC(=O)CCCC(=O)Oc1ccc2nc3ccc(=O)cc-3oc2c1C)OC(=O)CCCCCCCCCCC. The maximum Gasteiger partial charge on any atom is 0.311 e. The van der Waals surface area contributed by atoms with E-state index in [1.807, 2.05) is 0 Å². The molecule has 1 aromatic carbocycles. The van der Waals surface area contributed by atoms with E-state index in [4.69, 9.17) is 23.4 Å². The molecule has 1 aromatic rings. The smallest absolute Gasteiger partial charge is 0.311 e. The zero-order valence-corrected chi connectivity index (χ0v) is 34.2. The summed E-state index contributed by atoms with van der Waals surface area (Å²) in [7, 11) is 0. The molecule has 1 heterocycles. The molecule has 0 N–H and O–H groups in total.